The number of anilines is 1. The third-order valence-electron chi connectivity index (χ3n) is 2.28. The van der Waals surface area contributed by atoms with Gasteiger partial charge in [-0.3, -0.25) is 4.79 Å². The van der Waals surface area contributed by atoms with Crippen molar-refractivity contribution in [1.29, 1.82) is 0 Å². The Morgan fingerprint density at radius 1 is 1.47 bits per heavy atom. The van der Waals surface area contributed by atoms with Crippen LogP contribution in [-0.4, -0.2) is 24.0 Å². The van der Waals surface area contributed by atoms with Gasteiger partial charge in [0.15, 0.2) is 0 Å². The lowest BCUT2D eigenvalue weighted by Crippen LogP contribution is -2.18. The van der Waals surface area contributed by atoms with Crippen molar-refractivity contribution in [3.05, 3.63) is 35.0 Å². The zero-order valence-electron chi connectivity index (χ0n) is 10.2. The third kappa shape index (κ3) is 3.57. The molecule has 5 nitrogen and oxygen atoms in total. The minimum Gasteiger partial charge on any atom is -0.366 e. The van der Waals surface area contributed by atoms with E-state index >= 15 is 0 Å². The van der Waals surface area contributed by atoms with E-state index in [1.165, 1.54) is 0 Å². The Morgan fingerprint density at radius 3 is 2.76 bits per heavy atom. The first-order valence-electron chi connectivity index (χ1n) is 5.43. The number of hydrogen-bond donors (Lipinski definition) is 3. The number of rotatable bonds is 5. The summed E-state index contributed by atoms with van der Waals surface area (Å²) in [6.45, 7) is 4.77. The van der Waals surface area contributed by atoms with Crippen LogP contribution in [0.4, 0.5) is 5.82 Å². The smallest absolute Gasteiger partial charge is 0.252 e. The fourth-order valence-corrected chi connectivity index (χ4v) is 1.61. The maximum absolute atomic E-state index is 11.3. The van der Waals surface area contributed by atoms with Crippen molar-refractivity contribution in [3.63, 3.8) is 0 Å². The molecule has 1 rings (SSSR count). The van der Waals surface area contributed by atoms with Gasteiger partial charge in [-0.15, -0.1) is 0 Å². The maximum Gasteiger partial charge on any atom is 0.252 e. The summed E-state index contributed by atoms with van der Waals surface area (Å²) in [4.78, 5) is 15.6. The summed E-state index contributed by atoms with van der Waals surface area (Å²) in [6, 6.07) is 1.83. The zero-order chi connectivity index (χ0) is 12.8. The van der Waals surface area contributed by atoms with E-state index in [0.717, 1.165) is 11.3 Å². The summed E-state index contributed by atoms with van der Waals surface area (Å²) in [5, 5.41) is 3.06. The molecule has 0 saturated carbocycles. The van der Waals surface area contributed by atoms with E-state index in [-0.39, 0.29) is 0 Å². The first-order valence-corrected chi connectivity index (χ1v) is 5.43. The molecule has 0 aliphatic rings. The SMILES string of the molecule is Cc1cc(C)c(C(N)=O)c(NC/C=C/CN)n1. The lowest BCUT2D eigenvalue weighted by atomic mass is 10.1. The number of nitrogens with two attached hydrogens (primary N) is 2. The van der Waals surface area contributed by atoms with E-state index in [9.17, 15) is 4.79 Å². The normalized spacial score (nSPS) is 10.8. The number of amides is 1. The van der Waals surface area contributed by atoms with Gasteiger partial charge in [0.05, 0.1) is 5.56 Å². The lowest BCUT2D eigenvalue weighted by Gasteiger charge is -2.11. The van der Waals surface area contributed by atoms with Crippen LogP contribution in [0.25, 0.3) is 0 Å². The van der Waals surface area contributed by atoms with Crippen molar-refractivity contribution >= 4 is 11.7 Å². The molecular weight excluding hydrogens is 216 g/mol. The quantitative estimate of drug-likeness (QED) is 0.654. The highest BCUT2D eigenvalue weighted by Gasteiger charge is 2.12. The molecule has 1 heterocycles. The molecular formula is C12H18N4O. The molecule has 0 aliphatic carbocycles. The predicted molar refractivity (Wildman–Crippen MR) is 68.9 cm³/mol. The van der Waals surface area contributed by atoms with Gasteiger partial charge < -0.3 is 16.8 Å². The topological polar surface area (TPSA) is 94.0 Å². The summed E-state index contributed by atoms with van der Waals surface area (Å²) >= 11 is 0. The number of nitrogens with one attached hydrogen (secondary N) is 1. The van der Waals surface area contributed by atoms with Crippen molar-refractivity contribution in [2.45, 2.75) is 13.8 Å². The fourth-order valence-electron chi connectivity index (χ4n) is 1.61. The standard InChI is InChI=1S/C12H18N4O/c1-8-7-9(2)16-12(10(8)11(14)17)15-6-4-3-5-13/h3-4,7H,5-6,13H2,1-2H3,(H2,14,17)(H,15,16)/b4-3+. The second-order valence-electron chi connectivity index (χ2n) is 3.76. The molecule has 0 fully saturated rings. The number of primary amides is 1. The van der Waals surface area contributed by atoms with Crippen molar-refractivity contribution in [2.24, 2.45) is 11.5 Å². The number of aryl methyl sites for hydroxylation is 2. The number of carbonyl (C=O) groups is 1. The second kappa shape index (κ2) is 6.00. The number of hydrogen-bond acceptors (Lipinski definition) is 4. The monoisotopic (exact) mass is 234 g/mol. The largest absolute Gasteiger partial charge is 0.366 e. The van der Waals surface area contributed by atoms with Crippen LogP contribution < -0.4 is 16.8 Å². The highest BCUT2D eigenvalue weighted by molar-refractivity contribution is 5.99. The molecule has 0 aliphatic heterocycles. The molecule has 0 saturated heterocycles. The highest BCUT2D eigenvalue weighted by Crippen LogP contribution is 2.17. The van der Waals surface area contributed by atoms with E-state index in [1.54, 1.807) is 0 Å². The summed E-state index contributed by atoms with van der Waals surface area (Å²) in [7, 11) is 0. The minimum atomic E-state index is -0.472. The van der Waals surface area contributed by atoms with Crippen molar-refractivity contribution in [2.75, 3.05) is 18.4 Å². The number of aromatic nitrogens is 1. The van der Waals surface area contributed by atoms with E-state index in [4.69, 9.17) is 11.5 Å². The first-order chi connectivity index (χ1) is 8.06. The van der Waals surface area contributed by atoms with Crippen LogP contribution in [0.5, 0.6) is 0 Å². The molecule has 0 atom stereocenters. The number of nitrogens with zero attached hydrogens (tertiary/aromatic N) is 1. The van der Waals surface area contributed by atoms with Crippen LogP contribution in [0.1, 0.15) is 21.6 Å². The van der Waals surface area contributed by atoms with E-state index in [0.29, 0.717) is 24.5 Å². The first kappa shape index (κ1) is 13.2. The minimum absolute atomic E-state index is 0.441. The van der Waals surface area contributed by atoms with Gasteiger partial charge in [0.2, 0.25) is 0 Å². The lowest BCUT2D eigenvalue weighted by molar-refractivity contribution is 0.1000. The molecule has 0 unspecified atom stereocenters. The van der Waals surface area contributed by atoms with Gasteiger partial charge in [0, 0.05) is 18.8 Å². The molecule has 1 amide bonds. The molecule has 0 spiro atoms. The molecule has 92 valence electrons. The molecule has 0 radical (unpaired) electrons. The van der Waals surface area contributed by atoms with Crippen LogP contribution in [0.2, 0.25) is 0 Å². The number of carbonyl (C=O) groups excluding carboxylic acids is 1. The van der Waals surface area contributed by atoms with Gasteiger partial charge in [-0.05, 0) is 25.5 Å². The Labute approximate surface area is 101 Å². The average molecular weight is 234 g/mol. The van der Waals surface area contributed by atoms with Gasteiger partial charge in [-0.25, -0.2) is 4.98 Å². The highest BCUT2D eigenvalue weighted by atomic mass is 16.1. The van der Waals surface area contributed by atoms with E-state index in [2.05, 4.69) is 10.3 Å². The molecule has 1 aromatic rings. The van der Waals surface area contributed by atoms with E-state index in [1.807, 2.05) is 32.1 Å². The molecule has 5 N–H and O–H groups in total. The molecule has 0 aromatic carbocycles. The van der Waals surface area contributed by atoms with Crippen LogP contribution >= 0.6 is 0 Å². The summed E-state index contributed by atoms with van der Waals surface area (Å²) < 4.78 is 0. The Hall–Kier alpha value is -1.88. The third-order valence-corrected chi connectivity index (χ3v) is 2.28. The van der Waals surface area contributed by atoms with Crippen LogP contribution in [0, 0.1) is 13.8 Å². The van der Waals surface area contributed by atoms with Gasteiger partial charge in [0.25, 0.3) is 5.91 Å². The Balaban J connectivity index is 2.96. The Morgan fingerprint density at radius 2 is 2.18 bits per heavy atom. The van der Waals surface area contributed by atoms with Gasteiger partial charge >= 0.3 is 0 Å². The van der Waals surface area contributed by atoms with Gasteiger partial charge in [-0.1, -0.05) is 12.2 Å². The second-order valence-corrected chi connectivity index (χ2v) is 3.76. The Kier molecular flexibility index (Phi) is 4.66. The summed E-state index contributed by atoms with van der Waals surface area (Å²) in [6.07, 6.45) is 3.71. The Bertz CT molecular complexity index is 440. The predicted octanol–water partition coefficient (Wildman–Crippen LogP) is 0.724. The van der Waals surface area contributed by atoms with Crippen LogP contribution in [0.3, 0.4) is 0 Å². The van der Waals surface area contributed by atoms with Gasteiger partial charge in [-0.2, -0.15) is 0 Å². The van der Waals surface area contributed by atoms with Crippen molar-refractivity contribution in [3.8, 4) is 0 Å². The maximum atomic E-state index is 11.3. The fraction of sp³-hybridized carbons (Fsp3) is 0.333. The molecule has 1 aromatic heterocycles. The zero-order valence-corrected chi connectivity index (χ0v) is 10.2. The van der Waals surface area contributed by atoms with E-state index < -0.39 is 5.91 Å². The van der Waals surface area contributed by atoms with Crippen LogP contribution in [-0.2, 0) is 0 Å². The molecule has 5 heteroatoms. The van der Waals surface area contributed by atoms with Gasteiger partial charge in [0.1, 0.15) is 5.82 Å². The summed E-state index contributed by atoms with van der Waals surface area (Å²) in [5.74, 6) is 0.0528. The van der Waals surface area contributed by atoms with Crippen molar-refractivity contribution < 1.29 is 4.79 Å². The molecule has 17 heavy (non-hydrogen) atoms. The van der Waals surface area contributed by atoms with Crippen molar-refractivity contribution in [1.82, 2.24) is 4.98 Å². The molecule has 0 bridgehead atoms. The number of pyridine rings is 1. The average Bonchev–Trinajstić information content (AvgIpc) is 2.22. The van der Waals surface area contributed by atoms with Crippen LogP contribution in [0.15, 0.2) is 18.2 Å². The summed E-state index contributed by atoms with van der Waals surface area (Å²) in [5.41, 5.74) is 12.8.